The van der Waals surface area contributed by atoms with E-state index in [1.165, 1.54) is 5.56 Å². The van der Waals surface area contributed by atoms with Crippen LogP contribution in [0, 0.1) is 11.8 Å². The van der Waals surface area contributed by atoms with Gasteiger partial charge in [-0.15, -0.1) is 11.3 Å². The van der Waals surface area contributed by atoms with Gasteiger partial charge >= 0.3 is 6.09 Å². The number of benzene rings is 2. The molecular formula is C30H28N6O2S. The smallest absolute Gasteiger partial charge is 0.407 e. The van der Waals surface area contributed by atoms with Gasteiger partial charge in [0.25, 0.3) is 0 Å². The number of nitrogens with zero attached hydrogens (tertiary/aromatic N) is 3. The minimum Gasteiger partial charge on any atom is -0.445 e. The molecule has 6 rings (SSSR count). The average molecular weight is 537 g/mol. The van der Waals surface area contributed by atoms with Crippen molar-refractivity contribution in [3.63, 3.8) is 0 Å². The van der Waals surface area contributed by atoms with Gasteiger partial charge in [0.1, 0.15) is 17.6 Å². The maximum atomic E-state index is 11.7. The van der Waals surface area contributed by atoms with E-state index in [4.69, 9.17) is 9.72 Å². The standard InChI is InChI=1S/C30H28N6O2S/c1-2-31-30(37)38-25-15-22(32-18-25)8-9-24-16-28-26(12-13-39-28)29(35-24)34-23-10-11-27-21(14-23)17-33-36(27)19-20-6-4-3-5-7-20/h3-7,10-14,16-17,22,25,32H,2,15,18-19H2,1H3,(H,31,37)(H,34,35)/t22-,25+/m0/s1. The van der Waals surface area contributed by atoms with E-state index >= 15 is 0 Å². The number of carbonyl (C=O) groups is 1. The number of anilines is 2. The van der Waals surface area contributed by atoms with Crippen LogP contribution >= 0.6 is 11.3 Å². The van der Waals surface area contributed by atoms with Crippen LogP contribution in [0.2, 0.25) is 0 Å². The van der Waals surface area contributed by atoms with Gasteiger partial charge in [0, 0.05) is 40.7 Å². The van der Waals surface area contributed by atoms with Gasteiger partial charge in [0.15, 0.2) is 0 Å². The van der Waals surface area contributed by atoms with Crippen LogP contribution in [0.15, 0.2) is 72.2 Å². The zero-order chi connectivity index (χ0) is 26.6. The van der Waals surface area contributed by atoms with Crippen molar-refractivity contribution in [1.82, 2.24) is 25.4 Å². The fourth-order valence-electron chi connectivity index (χ4n) is 4.71. The first-order valence-electron chi connectivity index (χ1n) is 13.0. The van der Waals surface area contributed by atoms with Gasteiger partial charge in [-0.25, -0.2) is 9.78 Å². The lowest BCUT2D eigenvalue weighted by molar-refractivity contribution is 0.107. The van der Waals surface area contributed by atoms with E-state index in [0.717, 1.165) is 39.0 Å². The van der Waals surface area contributed by atoms with Crippen LogP contribution in [0.5, 0.6) is 0 Å². The van der Waals surface area contributed by atoms with Gasteiger partial charge < -0.3 is 15.4 Å². The lowest BCUT2D eigenvalue weighted by Crippen LogP contribution is -2.29. The molecule has 9 heteroatoms. The Morgan fingerprint density at radius 3 is 2.97 bits per heavy atom. The van der Waals surface area contributed by atoms with Crippen molar-refractivity contribution >= 4 is 49.9 Å². The van der Waals surface area contributed by atoms with E-state index in [1.807, 2.05) is 42.1 Å². The van der Waals surface area contributed by atoms with Gasteiger partial charge in [-0.1, -0.05) is 36.3 Å². The Morgan fingerprint density at radius 1 is 1.21 bits per heavy atom. The lowest BCUT2D eigenvalue weighted by atomic mass is 10.2. The first-order chi connectivity index (χ1) is 19.1. The number of alkyl carbamates (subject to hydrolysis) is 1. The molecule has 8 nitrogen and oxygen atoms in total. The summed E-state index contributed by atoms with van der Waals surface area (Å²) in [7, 11) is 0. The average Bonchev–Trinajstić information content (AvgIpc) is 3.69. The summed E-state index contributed by atoms with van der Waals surface area (Å²) in [5, 5.41) is 18.3. The number of hydrogen-bond acceptors (Lipinski definition) is 7. The highest BCUT2D eigenvalue weighted by Crippen LogP contribution is 2.30. The molecule has 1 saturated heterocycles. The molecule has 1 aliphatic rings. The Labute approximate surface area is 230 Å². The fraction of sp³-hybridized carbons (Fsp3) is 0.233. The summed E-state index contributed by atoms with van der Waals surface area (Å²) in [6.07, 6.45) is 1.97. The second-order valence-corrected chi connectivity index (χ2v) is 10.3. The molecule has 0 radical (unpaired) electrons. The van der Waals surface area contributed by atoms with Gasteiger partial charge in [0.2, 0.25) is 0 Å². The molecule has 1 amide bonds. The molecule has 196 valence electrons. The molecule has 0 bridgehead atoms. The number of nitrogens with one attached hydrogen (secondary N) is 3. The number of carbonyl (C=O) groups excluding carboxylic acids is 1. The van der Waals surface area contributed by atoms with Crippen molar-refractivity contribution in [3.05, 3.63) is 83.5 Å². The van der Waals surface area contributed by atoms with E-state index in [9.17, 15) is 4.79 Å². The summed E-state index contributed by atoms with van der Waals surface area (Å²) >= 11 is 1.66. The van der Waals surface area contributed by atoms with Gasteiger partial charge in [0.05, 0.1) is 24.3 Å². The zero-order valence-corrected chi connectivity index (χ0v) is 22.3. The number of ether oxygens (including phenoxy) is 1. The number of aromatic nitrogens is 3. The molecule has 5 aromatic rings. The molecule has 3 N–H and O–H groups in total. The van der Waals surface area contributed by atoms with E-state index < -0.39 is 0 Å². The van der Waals surface area contributed by atoms with Crippen LogP contribution in [-0.2, 0) is 11.3 Å². The normalized spacial score (nSPS) is 16.6. The number of hydrogen-bond donors (Lipinski definition) is 3. The van der Waals surface area contributed by atoms with Crippen LogP contribution in [0.3, 0.4) is 0 Å². The van der Waals surface area contributed by atoms with Crippen LogP contribution in [0.4, 0.5) is 16.3 Å². The van der Waals surface area contributed by atoms with Gasteiger partial charge in [-0.05, 0) is 54.1 Å². The third-order valence-electron chi connectivity index (χ3n) is 6.59. The Hall–Kier alpha value is -4.39. The van der Waals surface area contributed by atoms with Crippen LogP contribution in [0.1, 0.15) is 24.6 Å². The van der Waals surface area contributed by atoms with Crippen molar-refractivity contribution in [3.8, 4) is 11.8 Å². The third-order valence-corrected chi connectivity index (χ3v) is 7.45. The zero-order valence-electron chi connectivity index (χ0n) is 21.5. The molecule has 2 atom stereocenters. The van der Waals surface area contributed by atoms with Crippen LogP contribution in [0.25, 0.3) is 21.0 Å². The van der Waals surface area contributed by atoms with Crippen molar-refractivity contribution < 1.29 is 9.53 Å². The summed E-state index contributed by atoms with van der Waals surface area (Å²) in [5.41, 5.74) is 3.93. The number of fused-ring (bicyclic) bond motifs is 2. The Bertz CT molecular complexity index is 1680. The Balaban J connectivity index is 1.19. The molecule has 3 aromatic heterocycles. The maximum Gasteiger partial charge on any atom is 0.407 e. The number of thiophene rings is 1. The highest BCUT2D eigenvalue weighted by molar-refractivity contribution is 7.17. The lowest BCUT2D eigenvalue weighted by Gasteiger charge is -2.10. The van der Waals surface area contributed by atoms with E-state index in [1.54, 1.807) is 11.3 Å². The fourth-order valence-corrected chi connectivity index (χ4v) is 5.53. The Morgan fingerprint density at radius 2 is 2.10 bits per heavy atom. The molecule has 0 saturated carbocycles. The molecule has 0 aliphatic carbocycles. The first-order valence-corrected chi connectivity index (χ1v) is 13.9. The second-order valence-electron chi connectivity index (χ2n) is 9.40. The van der Waals surface area contributed by atoms with Crippen molar-refractivity contribution in [2.75, 3.05) is 18.4 Å². The molecule has 1 fully saturated rings. The van der Waals surface area contributed by atoms with Crippen molar-refractivity contribution in [2.45, 2.75) is 32.0 Å². The third kappa shape index (κ3) is 5.72. The largest absolute Gasteiger partial charge is 0.445 e. The van der Waals surface area contributed by atoms with Crippen LogP contribution in [-0.4, -0.2) is 46.1 Å². The predicted molar refractivity (Wildman–Crippen MR) is 155 cm³/mol. The van der Waals surface area contributed by atoms with Gasteiger partial charge in [-0.3, -0.25) is 10.00 Å². The summed E-state index contributed by atoms with van der Waals surface area (Å²) < 4.78 is 8.55. The monoisotopic (exact) mass is 536 g/mol. The van der Waals surface area contributed by atoms with Crippen molar-refractivity contribution in [2.24, 2.45) is 0 Å². The number of rotatable bonds is 6. The Kier molecular flexibility index (Phi) is 7.13. The number of amides is 1. The summed E-state index contributed by atoms with van der Waals surface area (Å²) in [6.45, 7) is 3.72. The predicted octanol–water partition coefficient (Wildman–Crippen LogP) is 5.27. The van der Waals surface area contributed by atoms with E-state index in [-0.39, 0.29) is 18.2 Å². The molecule has 1 aliphatic heterocycles. The van der Waals surface area contributed by atoms with Crippen LogP contribution < -0.4 is 16.0 Å². The topological polar surface area (TPSA) is 93.1 Å². The molecule has 2 aromatic carbocycles. The molecule has 0 unspecified atom stereocenters. The minimum atomic E-state index is -0.389. The molecule has 4 heterocycles. The molecule has 39 heavy (non-hydrogen) atoms. The summed E-state index contributed by atoms with van der Waals surface area (Å²) in [5.74, 6) is 7.25. The summed E-state index contributed by atoms with van der Waals surface area (Å²) in [6, 6.07) is 20.6. The second kappa shape index (κ2) is 11.2. The van der Waals surface area contributed by atoms with E-state index in [0.29, 0.717) is 25.2 Å². The SMILES string of the molecule is CCNC(=O)O[C@H]1CN[C@@H](C#Cc2cc3sccc3c(Nc3ccc4c(cnn4Cc4ccccc4)c3)n2)C1. The molecule has 0 spiro atoms. The quantitative estimate of drug-likeness (QED) is 0.256. The summed E-state index contributed by atoms with van der Waals surface area (Å²) in [4.78, 5) is 16.5. The highest BCUT2D eigenvalue weighted by atomic mass is 32.1. The minimum absolute atomic E-state index is 0.0588. The first kappa shape index (κ1) is 24.9. The highest BCUT2D eigenvalue weighted by Gasteiger charge is 2.25. The maximum absolute atomic E-state index is 11.7. The number of pyridine rings is 1. The van der Waals surface area contributed by atoms with E-state index in [2.05, 4.69) is 74.7 Å². The van der Waals surface area contributed by atoms with Gasteiger partial charge in [-0.2, -0.15) is 5.10 Å². The van der Waals surface area contributed by atoms with Crippen molar-refractivity contribution in [1.29, 1.82) is 0 Å². The molecular weight excluding hydrogens is 508 g/mol.